The van der Waals surface area contributed by atoms with Gasteiger partial charge in [-0.25, -0.2) is 0 Å². The van der Waals surface area contributed by atoms with E-state index in [0.717, 1.165) is 24.6 Å². The Labute approximate surface area is 184 Å². The van der Waals surface area contributed by atoms with Crippen LogP contribution in [0.2, 0.25) is 0 Å². The third-order valence-electron chi connectivity index (χ3n) is 5.32. The van der Waals surface area contributed by atoms with E-state index in [2.05, 4.69) is 34.7 Å². The largest absolute Gasteiger partial charge is 0.352 e. The molecule has 7 heteroatoms. The van der Waals surface area contributed by atoms with Crippen molar-refractivity contribution in [2.45, 2.75) is 38.8 Å². The van der Waals surface area contributed by atoms with E-state index in [-0.39, 0.29) is 36.8 Å². The standard InChI is InChI=1S/C21H29N3OS.2ClH/c1-15-5-7-17(8-6-15)20(22)21(25)23-14-18(19-4-3-13-26-19)24-11-9-16(2)10-12-24;;/h3-8,13,16,18,20H,9-12,14,22H2,1-2H3,(H,23,25);2*1H. The highest BCUT2D eigenvalue weighted by Gasteiger charge is 2.26. The van der Waals surface area contributed by atoms with Crippen molar-refractivity contribution >= 4 is 42.1 Å². The highest BCUT2D eigenvalue weighted by atomic mass is 35.5. The first-order valence-corrected chi connectivity index (χ1v) is 10.3. The summed E-state index contributed by atoms with van der Waals surface area (Å²) in [6.07, 6.45) is 2.44. The van der Waals surface area contributed by atoms with Crippen molar-refractivity contribution in [1.82, 2.24) is 10.2 Å². The molecule has 1 aliphatic heterocycles. The van der Waals surface area contributed by atoms with Gasteiger partial charge in [0.2, 0.25) is 5.91 Å². The van der Waals surface area contributed by atoms with Crippen LogP contribution in [0.4, 0.5) is 0 Å². The number of halogens is 2. The second-order valence-corrected chi connectivity index (χ2v) is 8.36. The minimum absolute atomic E-state index is 0. The maximum atomic E-state index is 12.6. The van der Waals surface area contributed by atoms with Gasteiger partial charge in [0, 0.05) is 11.4 Å². The van der Waals surface area contributed by atoms with E-state index in [1.54, 1.807) is 11.3 Å². The molecular formula is C21H31Cl2N3OS. The number of likely N-dealkylation sites (tertiary alicyclic amines) is 1. The number of nitrogens with zero attached hydrogens (tertiary/aromatic N) is 1. The van der Waals surface area contributed by atoms with Crippen LogP contribution < -0.4 is 11.1 Å². The Kier molecular flexibility index (Phi) is 10.5. The molecular weight excluding hydrogens is 413 g/mol. The molecule has 156 valence electrons. The Bertz CT molecular complexity index is 701. The lowest BCUT2D eigenvalue weighted by atomic mass is 9.97. The maximum absolute atomic E-state index is 12.6. The molecule has 1 saturated heterocycles. The Balaban J connectivity index is 0.00000196. The van der Waals surface area contributed by atoms with E-state index in [0.29, 0.717) is 6.54 Å². The predicted molar refractivity (Wildman–Crippen MR) is 123 cm³/mol. The third kappa shape index (κ3) is 6.46. The summed E-state index contributed by atoms with van der Waals surface area (Å²) in [7, 11) is 0. The smallest absolute Gasteiger partial charge is 0.241 e. The zero-order valence-electron chi connectivity index (χ0n) is 16.5. The Hall–Kier alpha value is -1.11. The van der Waals surface area contributed by atoms with Gasteiger partial charge in [0.1, 0.15) is 6.04 Å². The number of hydrogen-bond acceptors (Lipinski definition) is 4. The molecule has 3 rings (SSSR count). The first-order valence-electron chi connectivity index (χ1n) is 9.42. The van der Waals surface area contributed by atoms with Crippen LogP contribution in [-0.2, 0) is 4.79 Å². The number of carbonyl (C=O) groups is 1. The SMILES string of the molecule is Cc1ccc(C(N)C(=O)NCC(c2cccs2)N2CCC(C)CC2)cc1.Cl.Cl. The minimum atomic E-state index is -0.624. The molecule has 2 heterocycles. The number of carbonyl (C=O) groups excluding carboxylic acids is 1. The molecule has 1 fully saturated rings. The molecule has 0 radical (unpaired) electrons. The topological polar surface area (TPSA) is 58.4 Å². The molecule has 4 nitrogen and oxygen atoms in total. The zero-order chi connectivity index (χ0) is 18.5. The lowest BCUT2D eigenvalue weighted by molar-refractivity contribution is -0.122. The first-order chi connectivity index (χ1) is 12.5. The van der Waals surface area contributed by atoms with Crippen molar-refractivity contribution in [1.29, 1.82) is 0 Å². The summed E-state index contributed by atoms with van der Waals surface area (Å²) in [5.41, 5.74) is 8.19. The summed E-state index contributed by atoms with van der Waals surface area (Å²) in [4.78, 5) is 16.4. The van der Waals surface area contributed by atoms with Gasteiger partial charge < -0.3 is 11.1 Å². The number of aryl methyl sites for hydroxylation is 1. The number of amides is 1. The molecule has 1 amide bonds. The van der Waals surface area contributed by atoms with Crippen molar-refractivity contribution in [3.05, 3.63) is 57.8 Å². The first kappa shape index (κ1) is 24.9. The molecule has 2 aromatic rings. The predicted octanol–water partition coefficient (Wildman–Crippen LogP) is 4.49. The van der Waals surface area contributed by atoms with E-state index >= 15 is 0 Å². The van der Waals surface area contributed by atoms with Gasteiger partial charge >= 0.3 is 0 Å². The number of hydrogen-bond donors (Lipinski definition) is 2. The van der Waals surface area contributed by atoms with Crippen molar-refractivity contribution in [3.8, 4) is 0 Å². The summed E-state index contributed by atoms with van der Waals surface area (Å²) in [6, 6.07) is 11.7. The van der Waals surface area contributed by atoms with Gasteiger partial charge in [-0.3, -0.25) is 9.69 Å². The Morgan fingerprint density at radius 3 is 2.43 bits per heavy atom. The van der Waals surface area contributed by atoms with Crippen LogP contribution in [0.25, 0.3) is 0 Å². The second kappa shape index (κ2) is 11.8. The van der Waals surface area contributed by atoms with Gasteiger partial charge in [-0.2, -0.15) is 0 Å². The summed E-state index contributed by atoms with van der Waals surface area (Å²) >= 11 is 1.76. The zero-order valence-corrected chi connectivity index (χ0v) is 18.9. The van der Waals surface area contributed by atoms with Crippen molar-refractivity contribution in [2.24, 2.45) is 11.7 Å². The molecule has 0 aliphatic carbocycles. The molecule has 0 saturated carbocycles. The molecule has 0 bridgehead atoms. The lowest BCUT2D eigenvalue weighted by Crippen LogP contribution is -2.43. The van der Waals surface area contributed by atoms with Gasteiger partial charge in [-0.05, 0) is 55.8 Å². The molecule has 1 aromatic carbocycles. The van der Waals surface area contributed by atoms with Crippen LogP contribution in [0.3, 0.4) is 0 Å². The minimum Gasteiger partial charge on any atom is -0.352 e. The van der Waals surface area contributed by atoms with E-state index in [1.165, 1.54) is 23.3 Å². The fourth-order valence-electron chi connectivity index (χ4n) is 3.46. The lowest BCUT2D eigenvalue weighted by Gasteiger charge is -2.36. The van der Waals surface area contributed by atoms with Crippen LogP contribution in [0, 0.1) is 12.8 Å². The monoisotopic (exact) mass is 443 g/mol. The van der Waals surface area contributed by atoms with Gasteiger partial charge in [0.05, 0.1) is 6.04 Å². The average molecular weight is 444 g/mol. The Morgan fingerprint density at radius 2 is 1.86 bits per heavy atom. The van der Waals surface area contributed by atoms with Gasteiger partial charge in [-0.15, -0.1) is 36.2 Å². The van der Waals surface area contributed by atoms with E-state index in [4.69, 9.17) is 5.73 Å². The Morgan fingerprint density at radius 1 is 1.21 bits per heavy atom. The molecule has 2 atom stereocenters. The molecule has 3 N–H and O–H groups in total. The van der Waals surface area contributed by atoms with Gasteiger partial charge in [-0.1, -0.05) is 42.8 Å². The number of nitrogens with one attached hydrogen (secondary N) is 1. The molecule has 1 aliphatic rings. The number of thiophene rings is 1. The third-order valence-corrected chi connectivity index (χ3v) is 6.29. The van der Waals surface area contributed by atoms with Crippen molar-refractivity contribution in [3.63, 3.8) is 0 Å². The molecule has 28 heavy (non-hydrogen) atoms. The van der Waals surface area contributed by atoms with Crippen LogP contribution in [0.5, 0.6) is 0 Å². The fraction of sp³-hybridized carbons (Fsp3) is 0.476. The van der Waals surface area contributed by atoms with Crippen LogP contribution in [0.1, 0.15) is 47.9 Å². The van der Waals surface area contributed by atoms with Crippen LogP contribution in [-0.4, -0.2) is 30.4 Å². The summed E-state index contributed by atoms with van der Waals surface area (Å²) in [5.74, 6) is 0.681. The quantitative estimate of drug-likeness (QED) is 0.690. The van der Waals surface area contributed by atoms with Gasteiger partial charge in [0.25, 0.3) is 0 Å². The van der Waals surface area contributed by atoms with Crippen molar-refractivity contribution < 1.29 is 4.79 Å². The van der Waals surface area contributed by atoms with E-state index in [9.17, 15) is 4.79 Å². The van der Waals surface area contributed by atoms with E-state index in [1.807, 2.05) is 31.2 Å². The number of piperidine rings is 1. The van der Waals surface area contributed by atoms with Crippen LogP contribution in [0.15, 0.2) is 41.8 Å². The van der Waals surface area contributed by atoms with Gasteiger partial charge in [0.15, 0.2) is 0 Å². The normalized spacial score (nSPS) is 17.1. The molecule has 2 unspecified atom stereocenters. The fourth-order valence-corrected chi connectivity index (χ4v) is 4.32. The highest BCUT2D eigenvalue weighted by Crippen LogP contribution is 2.29. The molecule has 1 aromatic heterocycles. The maximum Gasteiger partial charge on any atom is 0.241 e. The van der Waals surface area contributed by atoms with Crippen LogP contribution >= 0.6 is 36.2 Å². The summed E-state index contributed by atoms with van der Waals surface area (Å²) in [6.45, 7) is 7.13. The molecule has 0 spiro atoms. The number of benzene rings is 1. The summed E-state index contributed by atoms with van der Waals surface area (Å²) in [5, 5.41) is 5.20. The number of rotatable bonds is 6. The van der Waals surface area contributed by atoms with E-state index < -0.39 is 6.04 Å². The van der Waals surface area contributed by atoms with Crippen molar-refractivity contribution in [2.75, 3.05) is 19.6 Å². The second-order valence-electron chi connectivity index (χ2n) is 7.38. The summed E-state index contributed by atoms with van der Waals surface area (Å²) < 4.78 is 0. The highest BCUT2D eigenvalue weighted by molar-refractivity contribution is 7.10. The number of nitrogens with two attached hydrogens (primary N) is 1. The average Bonchev–Trinajstić information content (AvgIpc) is 3.17.